The molecule has 4 rings (SSSR count). The van der Waals surface area contributed by atoms with Crippen LogP contribution in [-0.2, 0) is 13.2 Å². The zero-order chi connectivity index (χ0) is 24.6. The summed E-state index contributed by atoms with van der Waals surface area (Å²) in [5, 5.41) is 9.78. The molecule has 0 radical (unpaired) electrons. The molecule has 1 aliphatic heterocycles. The monoisotopic (exact) mass is 505 g/mol. The molecule has 1 aliphatic rings. The molecule has 0 spiro atoms. The van der Waals surface area contributed by atoms with E-state index in [1.165, 1.54) is 5.56 Å². The van der Waals surface area contributed by atoms with Crippen molar-refractivity contribution in [1.82, 2.24) is 9.80 Å². The van der Waals surface area contributed by atoms with Crippen LogP contribution in [0.25, 0.3) is 0 Å². The molecule has 0 bridgehead atoms. The Kier molecular flexibility index (Phi) is 8.59. The molecule has 1 saturated heterocycles. The molecule has 0 N–H and O–H groups in total. The number of ether oxygens (including phenoxy) is 2. The Labute approximate surface area is 217 Å². The van der Waals surface area contributed by atoms with Crippen molar-refractivity contribution in [3.63, 3.8) is 0 Å². The molecule has 0 saturated carbocycles. The highest BCUT2D eigenvalue weighted by molar-refractivity contribution is 7.80. The van der Waals surface area contributed by atoms with Gasteiger partial charge in [0.15, 0.2) is 11.5 Å². The molecule has 5 nitrogen and oxygen atoms in total. The molecule has 7 heteroatoms. The summed E-state index contributed by atoms with van der Waals surface area (Å²) in [4.78, 5) is 5.43. The van der Waals surface area contributed by atoms with E-state index in [4.69, 9.17) is 33.3 Å². The summed E-state index contributed by atoms with van der Waals surface area (Å²) < 4.78 is 11.9. The van der Waals surface area contributed by atoms with Crippen molar-refractivity contribution >= 4 is 28.8 Å². The fourth-order valence-corrected chi connectivity index (χ4v) is 4.70. The van der Waals surface area contributed by atoms with E-state index in [0.717, 1.165) is 48.8 Å². The van der Waals surface area contributed by atoms with Gasteiger partial charge in [0.05, 0.1) is 23.3 Å². The lowest BCUT2D eigenvalue weighted by atomic mass is 10.1. The Bertz CT molecular complexity index is 1200. The van der Waals surface area contributed by atoms with E-state index in [1.807, 2.05) is 43.3 Å². The van der Waals surface area contributed by atoms with Crippen LogP contribution in [0.5, 0.6) is 11.5 Å². The van der Waals surface area contributed by atoms with Gasteiger partial charge in [-0.15, -0.1) is 0 Å². The van der Waals surface area contributed by atoms with Gasteiger partial charge in [0.1, 0.15) is 11.6 Å². The first-order valence-electron chi connectivity index (χ1n) is 11.7. The molecule has 1 fully saturated rings. The Hall–Kier alpha value is -3.11. The molecule has 1 heterocycles. The molecule has 3 aromatic carbocycles. The van der Waals surface area contributed by atoms with Crippen LogP contribution in [0.4, 0.5) is 0 Å². The van der Waals surface area contributed by atoms with Crippen molar-refractivity contribution in [1.29, 1.82) is 5.26 Å². The minimum absolute atomic E-state index is 0.219. The molecule has 35 heavy (non-hydrogen) atoms. The van der Waals surface area contributed by atoms with E-state index in [1.54, 1.807) is 6.07 Å². The number of hydrogen-bond donors (Lipinski definition) is 0. The highest BCUT2D eigenvalue weighted by atomic mass is 35.5. The summed E-state index contributed by atoms with van der Waals surface area (Å²) in [5.74, 6) is 1.01. The largest absolute Gasteiger partial charge is 0.490 e. The van der Waals surface area contributed by atoms with Gasteiger partial charge in [0, 0.05) is 43.9 Å². The number of nitriles is 1. The van der Waals surface area contributed by atoms with Gasteiger partial charge in [-0.05, 0) is 30.7 Å². The Balaban J connectivity index is 1.44. The van der Waals surface area contributed by atoms with Gasteiger partial charge in [-0.3, -0.25) is 4.90 Å². The third kappa shape index (κ3) is 6.32. The number of nitrogens with zero attached hydrogens (tertiary/aromatic N) is 3. The molecule has 0 atom stereocenters. The van der Waals surface area contributed by atoms with Crippen molar-refractivity contribution in [2.75, 3.05) is 32.8 Å². The first-order valence-corrected chi connectivity index (χ1v) is 12.5. The van der Waals surface area contributed by atoms with Crippen LogP contribution in [0.15, 0.2) is 66.7 Å². The molecule has 3 aromatic rings. The summed E-state index contributed by atoms with van der Waals surface area (Å²) in [6, 6.07) is 23.8. The quantitative estimate of drug-likeness (QED) is 0.367. The molecule has 0 aliphatic carbocycles. The maximum absolute atomic E-state index is 9.34. The predicted octanol–water partition coefficient (Wildman–Crippen LogP) is 5.68. The third-order valence-corrected chi connectivity index (χ3v) is 6.75. The number of piperazine rings is 1. The maximum atomic E-state index is 9.34. The summed E-state index contributed by atoms with van der Waals surface area (Å²) in [5.41, 5.74) is 3.53. The third-order valence-electron chi connectivity index (χ3n) is 5.97. The van der Waals surface area contributed by atoms with Gasteiger partial charge in [-0.1, -0.05) is 72.3 Å². The topological polar surface area (TPSA) is 48.7 Å². The lowest BCUT2D eigenvalue weighted by molar-refractivity contribution is 0.177. The summed E-state index contributed by atoms with van der Waals surface area (Å²) in [6.45, 7) is 7.16. The molecule has 0 unspecified atom stereocenters. The first kappa shape index (κ1) is 25.0. The number of halogens is 1. The summed E-state index contributed by atoms with van der Waals surface area (Å²) >= 11 is 12.5. The molecular weight excluding hydrogens is 478 g/mol. The van der Waals surface area contributed by atoms with Crippen LogP contribution >= 0.6 is 23.8 Å². The van der Waals surface area contributed by atoms with E-state index < -0.39 is 0 Å². The van der Waals surface area contributed by atoms with Crippen molar-refractivity contribution in [2.24, 2.45) is 0 Å². The second kappa shape index (κ2) is 12.0. The second-order valence-electron chi connectivity index (χ2n) is 8.33. The van der Waals surface area contributed by atoms with Gasteiger partial charge in [-0.2, -0.15) is 5.26 Å². The summed E-state index contributed by atoms with van der Waals surface area (Å²) in [7, 11) is 0. The van der Waals surface area contributed by atoms with E-state index >= 15 is 0 Å². The zero-order valence-corrected chi connectivity index (χ0v) is 21.3. The number of benzene rings is 3. The fourth-order valence-electron chi connectivity index (χ4n) is 4.13. The molecule has 0 aromatic heterocycles. The standard InChI is InChI=1S/C28H28ClN3O2S/c1-2-33-26-17-24(16-25(29)27(26)34-20-23-11-7-6-10-22(23)18-30)28(35)32-14-12-31(13-15-32)19-21-8-4-3-5-9-21/h3-11,16-17H,2,12-15,19-20H2,1H3. The van der Waals surface area contributed by atoms with Crippen LogP contribution in [0.3, 0.4) is 0 Å². The van der Waals surface area contributed by atoms with Gasteiger partial charge in [0.25, 0.3) is 0 Å². The van der Waals surface area contributed by atoms with Gasteiger partial charge >= 0.3 is 0 Å². The minimum atomic E-state index is 0.219. The highest BCUT2D eigenvalue weighted by Gasteiger charge is 2.22. The number of hydrogen-bond acceptors (Lipinski definition) is 5. The van der Waals surface area contributed by atoms with Crippen molar-refractivity contribution in [2.45, 2.75) is 20.1 Å². The highest BCUT2D eigenvalue weighted by Crippen LogP contribution is 2.38. The van der Waals surface area contributed by atoms with E-state index in [-0.39, 0.29) is 6.61 Å². The lowest BCUT2D eigenvalue weighted by Gasteiger charge is -2.36. The zero-order valence-electron chi connectivity index (χ0n) is 19.7. The van der Waals surface area contributed by atoms with Crippen molar-refractivity contribution in [3.05, 3.63) is 94.0 Å². The predicted molar refractivity (Wildman–Crippen MR) is 143 cm³/mol. The Morgan fingerprint density at radius 1 is 1.00 bits per heavy atom. The van der Waals surface area contributed by atoms with Crippen molar-refractivity contribution < 1.29 is 9.47 Å². The first-order chi connectivity index (χ1) is 17.1. The van der Waals surface area contributed by atoms with E-state index in [2.05, 4.69) is 40.1 Å². The Morgan fingerprint density at radius 3 is 2.43 bits per heavy atom. The van der Waals surface area contributed by atoms with Gasteiger partial charge in [-0.25, -0.2) is 0 Å². The minimum Gasteiger partial charge on any atom is -0.490 e. The fraction of sp³-hybridized carbons (Fsp3) is 0.286. The molecular formula is C28H28ClN3O2S. The number of thiocarbonyl (C=S) groups is 1. The van der Waals surface area contributed by atoms with Crippen LogP contribution < -0.4 is 9.47 Å². The van der Waals surface area contributed by atoms with E-state index in [0.29, 0.717) is 28.7 Å². The normalized spacial score (nSPS) is 13.8. The van der Waals surface area contributed by atoms with Gasteiger partial charge < -0.3 is 14.4 Å². The van der Waals surface area contributed by atoms with Crippen LogP contribution in [0.2, 0.25) is 5.02 Å². The van der Waals surface area contributed by atoms with E-state index in [9.17, 15) is 5.26 Å². The van der Waals surface area contributed by atoms with Crippen LogP contribution in [-0.4, -0.2) is 47.6 Å². The summed E-state index contributed by atoms with van der Waals surface area (Å²) in [6.07, 6.45) is 0. The molecule has 0 amide bonds. The second-order valence-corrected chi connectivity index (χ2v) is 9.12. The van der Waals surface area contributed by atoms with Gasteiger partial charge in [0.2, 0.25) is 0 Å². The van der Waals surface area contributed by atoms with Crippen molar-refractivity contribution in [3.8, 4) is 17.6 Å². The maximum Gasteiger partial charge on any atom is 0.180 e. The number of rotatable bonds is 8. The average molecular weight is 506 g/mol. The lowest BCUT2D eigenvalue weighted by Crippen LogP contribution is -2.48. The van der Waals surface area contributed by atoms with Crippen LogP contribution in [0, 0.1) is 11.3 Å². The SMILES string of the molecule is CCOc1cc(C(=S)N2CCN(Cc3ccccc3)CC2)cc(Cl)c1OCc1ccccc1C#N. The Morgan fingerprint density at radius 2 is 1.71 bits per heavy atom. The van der Waals surface area contributed by atoms with Crippen LogP contribution in [0.1, 0.15) is 29.2 Å². The molecule has 180 valence electrons. The average Bonchev–Trinajstić information content (AvgIpc) is 2.89. The smallest absolute Gasteiger partial charge is 0.180 e.